The maximum Gasteiger partial charge on any atom is 0.273 e. The molecule has 0 aliphatic rings. The minimum Gasteiger partial charge on any atom is -0.351 e. The number of hydrogen-bond acceptors (Lipinski definition) is 4. The van der Waals surface area contributed by atoms with Gasteiger partial charge in [-0.3, -0.25) is 19.4 Å². The van der Waals surface area contributed by atoms with Gasteiger partial charge in [-0.1, -0.05) is 30.7 Å². The zero-order chi connectivity index (χ0) is 20.1. The van der Waals surface area contributed by atoms with Gasteiger partial charge < -0.3 is 10.6 Å². The molecule has 9 heteroatoms. The summed E-state index contributed by atoms with van der Waals surface area (Å²) in [6.07, 6.45) is 2.44. The van der Waals surface area contributed by atoms with E-state index in [0.717, 1.165) is 12.0 Å². The van der Waals surface area contributed by atoms with E-state index in [0.29, 0.717) is 29.5 Å². The average molecular weight is 401 g/mol. The molecule has 1 aromatic carbocycles. The molecule has 0 bridgehead atoms. The van der Waals surface area contributed by atoms with E-state index in [2.05, 4.69) is 25.9 Å². The Bertz CT molecular complexity index is 977. The highest BCUT2D eigenvalue weighted by atomic mass is 35.5. The average Bonchev–Trinajstić information content (AvgIpc) is 3.34. The number of nitrogens with zero attached hydrogens (tertiary/aromatic N) is 3. The number of benzene rings is 1. The third-order valence-corrected chi connectivity index (χ3v) is 4.30. The molecule has 0 unspecified atom stereocenters. The maximum absolute atomic E-state index is 12.6. The van der Waals surface area contributed by atoms with Crippen LogP contribution < -0.4 is 10.6 Å². The van der Waals surface area contributed by atoms with Crippen LogP contribution in [-0.2, 0) is 6.54 Å². The van der Waals surface area contributed by atoms with Gasteiger partial charge in [-0.25, -0.2) is 0 Å². The van der Waals surface area contributed by atoms with E-state index in [-0.39, 0.29) is 17.3 Å². The molecule has 0 radical (unpaired) electrons. The summed E-state index contributed by atoms with van der Waals surface area (Å²) < 4.78 is 1.60. The molecule has 0 aliphatic heterocycles. The van der Waals surface area contributed by atoms with Crippen molar-refractivity contribution in [1.29, 1.82) is 0 Å². The van der Waals surface area contributed by atoms with Crippen molar-refractivity contribution < 1.29 is 9.59 Å². The van der Waals surface area contributed by atoms with E-state index in [1.807, 2.05) is 26.0 Å². The van der Waals surface area contributed by atoms with Gasteiger partial charge in [-0.15, -0.1) is 0 Å². The second-order valence-electron chi connectivity index (χ2n) is 6.13. The summed E-state index contributed by atoms with van der Waals surface area (Å²) in [5.41, 5.74) is 2.25. The molecule has 2 heterocycles. The second kappa shape index (κ2) is 8.71. The first-order chi connectivity index (χ1) is 13.5. The summed E-state index contributed by atoms with van der Waals surface area (Å²) in [5, 5.41) is 17.3. The van der Waals surface area contributed by atoms with Crippen molar-refractivity contribution in [2.24, 2.45) is 0 Å². The van der Waals surface area contributed by atoms with Gasteiger partial charge in [0.25, 0.3) is 11.8 Å². The number of nitrogens with one attached hydrogen (secondary N) is 3. The molecule has 0 spiro atoms. The topological polar surface area (TPSA) is 105 Å². The van der Waals surface area contributed by atoms with E-state index in [1.54, 1.807) is 29.1 Å². The molecule has 0 saturated carbocycles. The standard InChI is InChI=1S/C19H21ClN6O2/c1-3-9-21-19(28)17-16(11-26(4-2)25-17)22-18(27)15-10-14(23-24-15)12-5-7-13(20)8-6-12/h5-8,10-11H,3-4,9H2,1-2H3,(H,21,28)(H,22,27)(H,23,24). The molecule has 3 aromatic rings. The Hall–Kier alpha value is -3.13. The molecule has 3 rings (SSSR count). The first-order valence-corrected chi connectivity index (χ1v) is 9.38. The van der Waals surface area contributed by atoms with E-state index < -0.39 is 5.91 Å². The molecular weight excluding hydrogens is 380 g/mol. The fraction of sp³-hybridized carbons (Fsp3) is 0.263. The van der Waals surface area contributed by atoms with Crippen LogP contribution in [0.4, 0.5) is 5.69 Å². The molecule has 0 saturated heterocycles. The number of aromatic nitrogens is 4. The van der Waals surface area contributed by atoms with Gasteiger partial charge in [0.15, 0.2) is 5.69 Å². The summed E-state index contributed by atoms with van der Waals surface area (Å²) >= 11 is 5.90. The Morgan fingerprint density at radius 3 is 2.61 bits per heavy atom. The van der Waals surface area contributed by atoms with Crippen LogP contribution in [0.3, 0.4) is 0 Å². The fourth-order valence-corrected chi connectivity index (χ4v) is 2.69. The van der Waals surface area contributed by atoms with Crippen LogP contribution in [0.1, 0.15) is 41.2 Å². The molecule has 0 atom stereocenters. The SMILES string of the molecule is CCCNC(=O)c1nn(CC)cc1NC(=O)c1cc(-c2ccc(Cl)cc2)n[nH]1. The number of halogens is 1. The highest BCUT2D eigenvalue weighted by Crippen LogP contribution is 2.21. The van der Waals surface area contributed by atoms with Crippen molar-refractivity contribution in [2.75, 3.05) is 11.9 Å². The van der Waals surface area contributed by atoms with E-state index in [4.69, 9.17) is 11.6 Å². The van der Waals surface area contributed by atoms with Gasteiger partial charge in [0, 0.05) is 29.9 Å². The van der Waals surface area contributed by atoms with Gasteiger partial charge in [-0.05, 0) is 31.5 Å². The number of amides is 2. The molecule has 2 amide bonds. The molecule has 3 N–H and O–H groups in total. The number of rotatable bonds is 7. The summed E-state index contributed by atoms with van der Waals surface area (Å²) in [7, 11) is 0. The number of hydrogen-bond donors (Lipinski definition) is 3. The van der Waals surface area contributed by atoms with Crippen molar-refractivity contribution >= 4 is 29.1 Å². The second-order valence-corrected chi connectivity index (χ2v) is 6.57. The molecule has 0 aliphatic carbocycles. The van der Waals surface area contributed by atoms with Crippen LogP contribution >= 0.6 is 11.6 Å². The lowest BCUT2D eigenvalue weighted by Gasteiger charge is -2.04. The van der Waals surface area contributed by atoms with Crippen LogP contribution in [0.25, 0.3) is 11.3 Å². The van der Waals surface area contributed by atoms with E-state index >= 15 is 0 Å². The summed E-state index contributed by atoms with van der Waals surface area (Å²) in [5.74, 6) is -0.733. The monoisotopic (exact) mass is 400 g/mol. The minimum atomic E-state index is -0.409. The van der Waals surface area contributed by atoms with Crippen molar-refractivity contribution in [3.8, 4) is 11.3 Å². The van der Waals surface area contributed by atoms with Crippen molar-refractivity contribution in [3.63, 3.8) is 0 Å². The van der Waals surface area contributed by atoms with Crippen LogP contribution in [0.2, 0.25) is 5.02 Å². The van der Waals surface area contributed by atoms with Crippen molar-refractivity contribution in [2.45, 2.75) is 26.8 Å². The number of carbonyl (C=O) groups is 2. The summed E-state index contributed by atoms with van der Waals surface area (Å²) in [4.78, 5) is 24.9. The largest absolute Gasteiger partial charge is 0.351 e. The molecular formula is C19H21ClN6O2. The van der Waals surface area contributed by atoms with Crippen molar-refractivity contribution in [1.82, 2.24) is 25.3 Å². The molecule has 2 aromatic heterocycles. The van der Waals surface area contributed by atoms with E-state index in [9.17, 15) is 9.59 Å². The Kier molecular flexibility index (Phi) is 6.10. The quantitative estimate of drug-likeness (QED) is 0.565. The predicted molar refractivity (Wildman–Crippen MR) is 108 cm³/mol. The van der Waals surface area contributed by atoms with Crippen LogP contribution in [-0.4, -0.2) is 38.3 Å². The fourth-order valence-electron chi connectivity index (χ4n) is 2.56. The highest BCUT2D eigenvalue weighted by Gasteiger charge is 2.20. The van der Waals surface area contributed by atoms with Crippen LogP contribution in [0.15, 0.2) is 36.5 Å². The normalized spacial score (nSPS) is 10.7. The number of anilines is 1. The predicted octanol–water partition coefficient (Wildman–Crippen LogP) is 3.34. The Morgan fingerprint density at radius 2 is 1.93 bits per heavy atom. The van der Waals surface area contributed by atoms with Gasteiger partial charge in [0.05, 0.1) is 11.4 Å². The minimum absolute atomic E-state index is 0.182. The van der Waals surface area contributed by atoms with Gasteiger partial charge in [-0.2, -0.15) is 10.2 Å². The Labute approximate surface area is 167 Å². The number of aryl methyl sites for hydroxylation is 1. The first-order valence-electron chi connectivity index (χ1n) is 9.00. The number of H-pyrrole nitrogens is 1. The lowest BCUT2D eigenvalue weighted by atomic mass is 10.1. The van der Waals surface area contributed by atoms with E-state index in [1.165, 1.54) is 0 Å². The summed E-state index contributed by atoms with van der Waals surface area (Å²) in [6.45, 7) is 4.98. The third kappa shape index (κ3) is 4.40. The number of carbonyl (C=O) groups excluding carboxylic acids is 2. The van der Waals surface area contributed by atoms with Gasteiger partial charge >= 0.3 is 0 Å². The summed E-state index contributed by atoms with van der Waals surface area (Å²) in [6, 6.07) is 8.79. The molecule has 28 heavy (non-hydrogen) atoms. The van der Waals surface area contributed by atoms with Crippen LogP contribution in [0, 0.1) is 0 Å². The maximum atomic E-state index is 12.6. The lowest BCUT2D eigenvalue weighted by molar-refractivity contribution is 0.0948. The number of aromatic amines is 1. The third-order valence-electron chi connectivity index (χ3n) is 4.05. The lowest BCUT2D eigenvalue weighted by Crippen LogP contribution is -2.26. The van der Waals surface area contributed by atoms with Gasteiger partial charge in [0.2, 0.25) is 0 Å². The smallest absolute Gasteiger partial charge is 0.273 e. The molecule has 0 fully saturated rings. The van der Waals surface area contributed by atoms with Crippen molar-refractivity contribution in [3.05, 3.63) is 52.9 Å². The Morgan fingerprint density at radius 1 is 1.18 bits per heavy atom. The molecule has 8 nitrogen and oxygen atoms in total. The first kappa shape index (κ1) is 19.6. The molecule has 146 valence electrons. The Balaban J connectivity index is 1.78. The zero-order valence-corrected chi connectivity index (χ0v) is 16.4. The van der Waals surface area contributed by atoms with Gasteiger partial charge in [0.1, 0.15) is 5.69 Å². The zero-order valence-electron chi connectivity index (χ0n) is 15.6. The highest BCUT2D eigenvalue weighted by molar-refractivity contribution is 6.30. The van der Waals surface area contributed by atoms with Crippen LogP contribution in [0.5, 0.6) is 0 Å².